The molecule has 4 aromatic rings. The molecule has 3 heteroatoms. The lowest BCUT2D eigenvalue weighted by atomic mass is 9.99. The first-order valence-corrected chi connectivity index (χ1v) is 12.8. The molecule has 4 rings (SSSR count). The highest BCUT2D eigenvalue weighted by Crippen LogP contribution is 2.28. The molecule has 0 aromatic heterocycles. The molecule has 0 atom stereocenters. The van der Waals surface area contributed by atoms with Crippen LogP contribution in [0.25, 0.3) is 11.1 Å². The zero-order valence-corrected chi connectivity index (χ0v) is 21.8. The van der Waals surface area contributed by atoms with E-state index in [-0.39, 0.29) is 5.56 Å². The van der Waals surface area contributed by atoms with Gasteiger partial charge in [0.05, 0.1) is 13.7 Å². The summed E-state index contributed by atoms with van der Waals surface area (Å²) in [6.45, 7) is 4.74. The molecule has 2 nitrogen and oxygen atoms in total. The van der Waals surface area contributed by atoms with Gasteiger partial charge in [-0.15, -0.1) is 0 Å². The molecule has 4 aromatic carbocycles. The lowest BCUT2D eigenvalue weighted by Crippen LogP contribution is -1.99. The van der Waals surface area contributed by atoms with E-state index in [2.05, 4.69) is 86.4 Å². The standard InChI is InChI=1S/C34H33FO2/c1-4-5-22-37-31-23-33(35)32(34(24-31)36-3)21-16-27-11-8-26(9-12-27)10-13-28-14-19-30(20-15-28)29-17-6-25(2)7-18-29/h6-9,11-12,14-15,17-20,23-24H,4-5,10,13,22H2,1-3H3. The molecule has 0 N–H and O–H groups in total. The van der Waals surface area contributed by atoms with Crippen molar-refractivity contribution >= 4 is 0 Å². The van der Waals surface area contributed by atoms with Crippen molar-refractivity contribution in [3.63, 3.8) is 0 Å². The topological polar surface area (TPSA) is 18.5 Å². The molecule has 0 aliphatic carbocycles. The van der Waals surface area contributed by atoms with E-state index in [0.717, 1.165) is 31.2 Å². The molecule has 0 aliphatic heterocycles. The van der Waals surface area contributed by atoms with Crippen molar-refractivity contribution in [2.45, 2.75) is 39.5 Å². The van der Waals surface area contributed by atoms with Gasteiger partial charge in [0, 0.05) is 17.7 Å². The van der Waals surface area contributed by atoms with Crippen LogP contribution < -0.4 is 9.47 Å². The van der Waals surface area contributed by atoms with Crippen molar-refractivity contribution in [1.82, 2.24) is 0 Å². The zero-order chi connectivity index (χ0) is 26.0. The molecular weight excluding hydrogens is 459 g/mol. The fourth-order valence-electron chi connectivity index (χ4n) is 4.05. The van der Waals surface area contributed by atoms with Gasteiger partial charge in [-0.25, -0.2) is 4.39 Å². The van der Waals surface area contributed by atoms with Crippen LogP contribution in [-0.2, 0) is 12.8 Å². The molecule has 0 spiro atoms. The van der Waals surface area contributed by atoms with Crippen LogP contribution in [0.15, 0.2) is 84.9 Å². The van der Waals surface area contributed by atoms with E-state index in [1.54, 1.807) is 6.07 Å². The Morgan fingerprint density at radius 2 is 1.35 bits per heavy atom. The third-order valence-electron chi connectivity index (χ3n) is 6.34. The van der Waals surface area contributed by atoms with Crippen LogP contribution in [0.5, 0.6) is 11.5 Å². The van der Waals surface area contributed by atoms with Gasteiger partial charge < -0.3 is 9.47 Å². The molecule has 0 fully saturated rings. The molecule has 37 heavy (non-hydrogen) atoms. The van der Waals surface area contributed by atoms with Crippen LogP contribution in [0.4, 0.5) is 4.39 Å². The average molecular weight is 493 g/mol. The van der Waals surface area contributed by atoms with E-state index in [0.29, 0.717) is 18.1 Å². The van der Waals surface area contributed by atoms with Gasteiger partial charge >= 0.3 is 0 Å². The second-order valence-electron chi connectivity index (χ2n) is 9.19. The number of hydrogen-bond donors (Lipinski definition) is 0. The van der Waals surface area contributed by atoms with E-state index in [1.807, 2.05) is 12.1 Å². The van der Waals surface area contributed by atoms with E-state index in [9.17, 15) is 4.39 Å². The Kier molecular flexibility index (Phi) is 9.00. The van der Waals surface area contributed by atoms with Crippen LogP contribution in [0.3, 0.4) is 0 Å². The van der Waals surface area contributed by atoms with Crippen molar-refractivity contribution in [3.8, 4) is 34.5 Å². The molecule has 0 bridgehead atoms. The quantitative estimate of drug-likeness (QED) is 0.173. The van der Waals surface area contributed by atoms with Crippen LogP contribution in [-0.4, -0.2) is 13.7 Å². The zero-order valence-electron chi connectivity index (χ0n) is 21.8. The van der Waals surface area contributed by atoms with Gasteiger partial charge in [-0.3, -0.25) is 0 Å². The summed E-state index contributed by atoms with van der Waals surface area (Å²) in [4.78, 5) is 0. The van der Waals surface area contributed by atoms with Crippen LogP contribution in [0, 0.1) is 24.6 Å². The van der Waals surface area contributed by atoms with Gasteiger partial charge in [0.15, 0.2) is 0 Å². The van der Waals surface area contributed by atoms with Crippen LogP contribution in [0.1, 0.15) is 47.6 Å². The Hall–Kier alpha value is -4.03. The Bertz CT molecular complexity index is 1360. The summed E-state index contributed by atoms with van der Waals surface area (Å²) in [7, 11) is 1.51. The van der Waals surface area contributed by atoms with Gasteiger partial charge in [0.2, 0.25) is 0 Å². The maximum absolute atomic E-state index is 14.7. The van der Waals surface area contributed by atoms with Crippen LogP contribution in [0.2, 0.25) is 0 Å². The molecule has 0 saturated carbocycles. The predicted octanol–water partition coefficient (Wildman–Crippen LogP) is 8.17. The Labute approximate surface area is 220 Å². The van der Waals surface area contributed by atoms with Gasteiger partial charge in [0.25, 0.3) is 0 Å². The number of methoxy groups -OCH3 is 1. The maximum atomic E-state index is 14.7. The van der Waals surface area contributed by atoms with E-state index in [4.69, 9.17) is 9.47 Å². The third-order valence-corrected chi connectivity index (χ3v) is 6.34. The van der Waals surface area contributed by atoms with Crippen molar-refractivity contribution in [3.05, 3.63) is 119 Å². The second kappa shape index (κ2) is 12.8. The van der Waals surface area contributed by atoms with E-state index < -0.39 is 5.82 Å². The molecule has 0 radical (unpaired) electrons. The summed E-state index contributed by atoms with van der Waals surface area (Å²) in [5.74, 6) is 6.40. The first-order valence-electron chi connectivity index (χ1n) is 12.8. The molecule has 0 amide bonds. The largest absolute Gasteiger partial charge is 0.495 e. The number of halogens is 1. The minimum Gasteiger partial charge on any atom is -0.495 e. The Morgan fingerprint density at radius 3 is 1.95 bits per heavy atom. The minimum absolute atomic E-state index is 0.239. The van der Waals surface area contributed by atoms with Crippen molar-refractivity contribution in [2.75, 3.05) is 13.7 Å². The normalized spacial score (nSPS) is 10.5. The monoisotopic (exact) mass is 492 g/mol. The highest BCUT2D eigenvalue weighted by atomic mass is 19.1. The molecule has 188 valence electrons. The predicted molar refractivity (Wildman–Crippen MR) is 150 cm³/mol. The number of benzene rings is 4. The van der Waals surface area contributed by atoms with E-state index >= 15 is 0 Å². The molecule has 0 aliphatic rings. The second-order valence-corrected chi connectivity index (χ2v) is 9.19. The van der Waals surface area contributed by atoms with Gasteiger partial charge in [-0.05, 0) is 60.6 Å². The number of aryl methyl sites for hydroxylation is 3. The number of rotatable bonds is 9. The van der Waals surface area contributed by atoms with Gasteiger partial charge in [0.1, 0.15) is 22.9 Å². The van der Waals surface area contributed by atoms with Crippen molar-refractivity contribution in [1.29, 1.82) is 0 Å². The lowest BCUT2D eigenvalue weighted by Gasteiger charge is -2.10. The minimum atomic E-state index is -0.441. The summed E-state index contributed by atoms with van der Waals surface area (Å²) in [6, 6.07) is 28.6. The summed E-state index contributed by atoms with van der Waals surface area (Å²) in [6.07, 6.45) is 3.85. The fraction of sp³-hybridized carbons (Fsp3) is 0.235. The van der Waals surface area contributed by atoms with Crippen molar-refractivity contribution in [2.24, 2.45) is 0 Å². The maximum Gasteiger partial charge on any atom is 0.146 e. The highest BCUT2D eigenvalue weighted by Gasteiger charge is 2.11. The molecule has 0 heterocycles. The molecule has 0 saturated heterocycles. The Morgan fingerprint density at radius 1 is 0.757 bits per heavy atom. The Balaban J connectivity index is 1.37. The number of unbranched alkanes of at least 4 members (excludes halogenated alkanes) is 1. The first kappa shape index (κ1) is 26.0. The number of ether oxygens (including phenoxy) is 2. The SMILES string of the molecule is CCCCOc1cc(F)c(C#Cc2ccc(CCc3ccc(-c4ccc(C)cc4)cc3)cc2)c(OC)c1. The van der Waals surface area contributed by atoms with Gasteiger partial charge in [-0.1, -0.05) is 91.4 Å². The lowest BCUT2D eigenvalue weighted by molar-refractivity contribution is 0.305. The fourth-order valence-corrected chi connectivity index (χ4v) is 4.05. The average Bonchev–Trinajstić information content (AvgIpc) is 2.92. The molecule has 0 unspecified atom stereocenters. The van der Waals surface area contributed by atoms with Gasteiger partial charge in [-0.2, -0.15) is 0 Å². The summed E-state index contributed by atoms with van der Waals surface area (Å²) < 4.78 is 25.7. The molecular formula is C34H33FO2. The first-order chi connectivity index (χ1) is 18.1. The summed E-state index contributed by atoms with van der Waals surface area (Å²) in [5.41, 5.74) is 7.36. The third kappa shape index (κ3) is 7.24. The highest BCUT2D eigenvalue weighted by molar-refractivity contribution is 5.64. The number of hydrogen-bond acceptors (Lipinski definition) is 2. The summed E-state index contributed by atoms with van der Waals surface area (Å²) in [5, 5.41) is 0. The van der Waals surface area contributed by atoms with E-state index in [1.165, 1.54) is 41.0 Å². The smallest absolute Gasteiger partial charge is 0.146 e. The van der Waals surface area contributed by atoms with Crippen LogP contribution >= 0.6 is 0 Å². The van der Waals surface area contributed by atoms with Crippen molar-refractivity contribution < 1.29 is 13.9 Å². The summed E-state index contributed by atoms with van der Waals surface area (Å²) >= 11 is 0.